The van der Waals surface area contributed by atoms with Gasteiger partial charge in [-0.05, 0) is 24.0 Å². The first-order valence-electron chi connectivity index (χ1n) is 6.47. The minimum Gasteiger partial charge on any atom is -0.370 e. The number of rotatable bonds is 4. The van der Waals surface area contributed by atoms with Gasteiger partial charge in [-0.3, -0.25) is 4.79 Å². The molecule has 1 aliphatic heterocycles. The third kappa shape index (κ3) is 2.48. The van der Waals surface area contributed by atoms with E-state index in [9.17, 15) is 4.79 Å². The zero-order valence-electron chi connectivity index (χ0n) is 10.8. The van der Waals surface area contributed by atoms with E-state index in [-0.39, 0.29) is 11.9 Å². The summed E-state index contributed by atoms with van der Waals surface area (Å²) in [7, 11) is 0. The molecule has 0 saturated heterocycles. The number of carbonyl (C=O) groups is 1. The van der Waals surface area contributed by atoms with Crippen LogP contribution in [0.4, 0.5) is 5.69 Å². The predicted molar refractivity (Wildman–Crippen MR) is 73.5 cm³/mol. The Balaban J connectivity index is 2.29. The second-order valence-corrected chi connectivity index (χ2v) is 5.00. The van der Waals surface area contributed by atoms with E-state index in [0.29, 0.717) is 18.9 Å². The first-order valence-corrected chi connectivity index (χ1v) is 6.47. The molecule has 2 rings (SSSR count). The number of benzene rings is 1. The molecule has 0 saturated carbocycles. The van der Waals surface area contributed by atoms with E-state index in [4.69, 9.17) is 11.5 Å². The van der Waals surface area contributed by atoms with Crippen LogP contribution in [0.25, 0.3) is 0 Å². The molecule has 2 atom stereocenters. The molecule has 98 valence electrons. The molecule has 1 aromatic rings. The number of para-hydroxylation sites is 1. The average Bonchev–Trinajstić information content (AvgIpc) is 2.37. The van der Waals surface area contributed by atoms with E-state index >= 15 is 0 Å². The molecule has 1 aliphatic rings. The largest absolute Gasteiger partial charge is 0.370 e. The van der Waals surface area contributed by atoms with Crippen molar-refractivity contribution in [1.29, 1.82) is 0 Å². The Morgan fingerprint density at radius 3 is 2.89 bits per heavy atom. The third-order valence-electron chi connectivity index (χ3n) is 3.73. The number of primary amides is 1. The van der Waals surface area contributed by atoms with E-state index < -0.39 is 0 Å². The maximum atomic E-state index is 11.1. The monoisotopic (exact) mass is 247 g/mol. The molecular weight excluding hydrogens is 226 g/mol. The Hall–Kier alpha value is -1.55. The fourth-order valence-corrected chi connectivity index (χ4v) is 2.71. The summed E-state index contributed by atoms with van der Waals surface area (Å²) in [4.78, 5) is 13.4. The van der Waals surface area contributed by atoms with E-state index in [2.05, 4.69) is 30.0 Å². The highest BCUT2D eigenvalue weighted by Gasteiger charge is 2.27. The maximum Gasteiger partial charge on any atom is 0.219 e. The van der Waals surface area contributed by atoms with Crippen LogP contribution in [0, 0.1) is 0 Å². The van der Waals surface area contributed by atoms with Crippen molar-refractivity contribution in [2.45, 2.75) is 31.7 Å². The second-order valence-electron chi connectivity index (χ2n) is 5.00. The summed E-state index contributed by atoms with van der Waals surface area (Å²) >= 11 is 0. The molecule has 2 unspecified atom stereocenters. The molecule has 0 bridgehead atoms. The van der Waals surface area contributed by atoms with E-state index in [1.54, 1.807) is 0 Å². The SMILES string of the molecule is CC1CCN(C(CN)CC(N)=O)c2ccccc21. The van der Waals surface area contributed by atoms with Crippen LogP contribution >= 0.6 is 0 Å². The molecule has 0 aliphatic carbocycles. The van der Waals surface area contributed by atoms with Gasteiger partial charge in [-0.15, -0.1) is 0 Å². The molecule has 0 spiro atoms. The summed E-state index contributed by atoms with van der Waals surface area (Å²) in [6.07, 6.45) is 1.41. The number of fused-ring (bicyclic) bond motifs is 1. The third-order valence-corrected chi connectivity index (χ3v) is 3.73. The van der Waals surface area contributed by atoms with Crippen molar-refractivity contribution >= 4 is 11.6 Å². The Kier molecular flexibility index (Phi) is 3.87. The topological polar surface area (TPSA) is 72.3 Å². The van der Waals surface area contributed by atoms with Gasteiger partial charge in [0.05, 0.1) is 0 Å². The Morgan fingerprint density at radius 2 is 2.22 bits per heavy atom. The van der Waals surface area contributed by atoms with Gasteiger partial charge in [-0.1, -0.05) is 25.1 Å². The Bertz CT molecular complexity index is 433. The lowest BCUT2D eigenvalue weighted by molar-refractivity contribution is -0.118. The number of carbonyl (C=O) groups excluding carboxylic acids is 1. The van der Waals surface area contributed by atoms with E-state index in [1.165, 1.54) is 11.3 Å². The number of nitrogens with two attached hydrogens (primary N) is 2. The molecule has 4 N–H and O–H groups in total. The molecule has 0 aromatic heterocycles. The lowest BCUT2D eigenvalue weighted by Gasteiger charge is -2.39. The van der Waals surface area contributed by atoms with Gasteiger partial charge in [-0.2, -0.15) is 0 Å². The normalized spacial score (nSPS) is 20.3. The van der Waals surface area contributed by atoms with Crippen LogP contribution in [-0.2, 0) is 4.79 Å². The predicted octanol–water partition coefficient (Wildman–Crippen LogP) is 1.20. The van der Waals surface area contributed by atoms with Crippen molar-refractivity contribution in [3.8, 4) is 0 Å². The van der Waals surface area contributed by atoms with Crippen LogP contribution < -0.4 is 16.4 Å². The molecule has 18 heavy (non-hydrogen) atoms. The van der Waals surface area contributed by atoms with Crippen molar-refractivity contribution in [3.63, 3.8) is 0 Å². The van der Waals surface area contributed by atoms with Crippen LogP contribution in [0.2, 0.25) is 0 Å². The fraction of sp³-hybridized carbons (Fsp3) is 0.500. The molecule has 1 heterocycles. The van der Waals surface area contributed by atoms with Gasteiger partial charge in [0.15, 0.2) is 0 Å². The number of hydrogen-bond donors (Lipinski definition) is 2. The number of amides is 1. The summed E-state index contributed by atoms with van der Waals surface area (Å²) in [5.41, 5.74) is 13.6. The Labute approximate surface area is 108 Å². The van der Waals surface area contributed by atoms with Crippen molar-refractivity contribution in [2.24, 2.45) is 11.5 Å². The number of hydrogen-bond acceptors (Lipinski definition) is 3. The van der Waals surface area contributed by atoms with Crippen molar-refractivity contribution in [2.75, 3.05) is 18.0 Å². The van der Waals surface area contributed by atoms with Gasteiger partial charge in [0.25, 0.3) is 0 Å². The van der Waals surface area contributed by atoms with Crippen LogP contribution in [0.5, 0.6) is 0 Å². The van der Waals surface area contributed by atoms with Crippen LogP contribution in [0.1, 0.15) is 31.2 Å². The van der Waals surface area contributed by atoms with Gasteiger partial charge < -0.3 is 16.4 Å². The van der Waals surface area contributed by atoms with Gasteiger partial charge in [-0.25, -0.2) is 0 Å². The molecule has 4 nitrogen and oxygen atoms in total. The highest BCUT2D eigenvalue weighted by Crippen LogP contribution is 2.35. The first kappa shape index (κ1) is 12.9. The lowest BCUT2D eigenvalue weighted by atomic mass is 9.90. The van der Waals surface area contributed by atoms with Crippen LogP contribution in [0.3, 0.4) is 0 Å². The van der Waals surface area contributed by atoms with Gasteiger partial charge >= 0.3 is 0 Å². The highest BCUT2D eigenvalue weighted by atomic mass is 16.1. The highest BCUT2D eigenvalue weighted by molar-refractivity contribution is 5.75. The molecule has 1 amide bonds. The fourth-order valence-electron chi connectivity index (χ4n) is 2.71. The molecular formula is C14H21N3O. The van der Waals surface area contributed by atoms with Gasteiger partial charge in [0, 0.05) is 31.2 Å². The molecule has 0 fully saturated rings. The van der Waals surface area contributed by atoms with Crippen LogP contribution in [0.15, 0.2) is 24.3 Å². The minimum atomic E-state index is -0.290. The zero-order chi connectivity index (χ0) is 13.1. The first-order chi connectivity index (χ1) is 8.63. The molecule has 1 aromatic carbocycles. The number of nitrogens with zero attached hydrogens (tertiary/aromatic N) is 1. The van der Waals surface area contributed by atoms with E-state index in [0.717, 1.165) is 13.0 Å². The minimum absolute atomic E-state index is 0.0103. The smallest absolute Gasteiger partial charge is 0.219 e. The summed E-state index contributed by atoms with van der Waals surface area (Å²) in [5.74, 6) is 0.269. The van der Waals surface area contributed by atoms with Crippen LogP contribution in [-0.4, -0.2) is 25.0 Å². The lowest BCUT2D eigenvalue weighted by Crippen LogP contribution is -2.46. The standard InChI is InChI=1S/C14H21N3O/c1-10-6-7-17(11(9-15)8-14(16)18)13-5-3-2-4-12(10)13/h2-5,10-11H,6-9,15H2,1H3,(H2,16,18). The van der Waals surface area contributed by atoms with Crippen molar-refractivity contribution in [3.05, 3.63) is 29.8 Å². The second kappa shape index (κ2) is 5.40. The summed E-state index contributed by atoms with van der Waals surface area (Å²) < 4.78 is 0. The van der Waals surface area contributed by atoms with Gasteiger partial charge in [0.2, 0.25) is 5.91 Å². The quantitative estimate of drug-likeness (QED) is 0.839. The summed E-state index contributed by atoms with van der Waals surface area (Å²) in [6, 6.07) is 8.36. The average molecular weight is 247 g/mol. The summed E-state index contributed by atoms with van der Waals surface area (Å²) in [5, 5.41) is 0. The summed E-state index contributed by atoms with van der Waals surface area (Å²) in [6.45, 7) is 3.63. The van der Waals surface area contributed by atoms with Crippen molar-refractivity contribution < 1.29 is 4.79 Å². The van der Waals surface area contributed by atoms with Crippen molar-refractivity contribution in [1.82, 2.24) is 0 Å². The van der Waals surface area contributed by atoms with E-state index in [1.807, 2.05) is 6.07 Å². The zero-order valence-corrected chi connectivity index (χ0v) is 10.8. The maximum absolute atomic E-state index is 11.1. The Morgan fingerprint density at radius 1 is 1.50 bits per heavy atom. The van der Waals surface area contributed by atoms with Gasteiger partial charge in [0.1, 0.15) is 0 Å². The number of anilines is 1. The molecule has 4 heteroatoms. The molecule has 0 radical (unpaired) electrons.